The Balaban J connectivity index is 2.17. The van der Waals surface area contributed by atoms with Crippen LogP contribution in [0.15, 0.2) is 48.7 Å². The maximum atomic E-state index is 5.74. The second-order valence-electron chi connectivity index (χ2n) is 6.57. The summed E-state index contributed by atoms with van der Waals surface area (Å²) in [6, 6.07) is 14.6. The lowest BCUT2D eigenvalue weighted by Gasteiger charge is -2.31. The summed E-state index contributed by atoms with van der Waals surface area (Å²) in [6.45, 7) is 6.20. The summed E-state index contributed by atoms with van der Waals surface area (Å²) in [5.41, 5.74) is 3.37. The molecule has 0 bridgehead atoms. The lowest BCUT2D eigenvalue weighted by molar-refractivity contribution is -0.857. The van der Waals surface area contributed by atoms with Crippen molar-refractivity contribution in [2.45, 2.75) is 26.3 Å². The van der Waals surface area contributed by atoms with Crippen molar-refractivity contribution in [1.29, 1.82) is 0 Å². The summed E-state index contributed by atoms with van der Waals surface area (Å²) in [4.78, 5) is 8.13. The van der Waals surface area contributed by atoms with E-state index in [0.717, 1.165) is 36.0 Å². The highest BCUT2D eigenvalue weighted by molar-refractivity contribution is 7.80. The number of hydrogen-bond donors (Lipinski definition) is 2. The van der Waals surface area contributed by atoms with Gasteiger partial charge in [-0.2, -0.15) is 0 Å². The van der Waals surface area contributed by atoms with E-state index >= 15 is 0 Å². The first kappa shape index (κ1) is 19.3. The molecule has 1 atom stereocenters. The Morgan fingerprint density at radius 3 is 2.68 bits per heavy atom. The smallest absolute Gasteiger partial charge is 0.174 e. The number of anilines is 1. The summed E-state index contributed by atoms with van der Waals surface area (Å²) < 4.78 is 0. The average Bonchev–Trinajstić information content (AvgIpc) is 2.62. The van der Waals surface area contributed by atoms with E-state index in [1.807, 2.05) is 18.3 Å². The van der Waals surface area contributed by atoms with Crippen LogP contribution >= 0.6 is 12.2 Å². The van der Waals surface area contributed by atoms with E-state index in [9.17, 15) is 0 Å². The van der Waals surface area contributed by atoms with E-state index in [2.05, 4.69) is 73.5 Å². The molecule has 134 valence electrons. The van der Waals surface area contributed by atoms with Gasteiger partial charge in [-0.3, -0.25) is 4.98 Å². The first-order valence-corrected chi connectivity index (χ1v) is 9.28. The van der Waals surface area contributed by atoms with E-state index in [1.54, 1.807) is 0 Å². The standard InChI is InChI=1S/C20H28N4S/c1-5-17-9-8-10-18(15-17)22-20(25)24(14-13-23(3)4)16(2)19-11-6-7-12-21-19/h6-12,15-16H,5,13-14H2,1-4H3,(H,22,25)/p+1. The van der Waals surface area contributed by atoms with Crippen LogP contribution in [-0.4, -0.2) is 42.2 Å². The van der Waals surface area contributed by atoms with Crippen LogP contribution in [0.1, 0.15) is 31.1 Å². The number of quaternary nitrogens is 1. The number of thiocarbonyl (C=S) groups is 1. The predicted octanol–water partition coefficient (Wildman–Crippen LogP) is 2.55. The van der Waals surface area contributed by atoms with Gasteiger partial charge in [0.2, 0.25) is 0 Å². The quantitative estimate of drug-likeness (QED) is 0.746. The van der Waals surface area contributed by atoms with E-state index in [4.69, 9.17) is 12.2 Å². The third kappa shape index (κ3) is 5.80. The molecule has 0 spiro atoms. The number of benzene rings is 1. The minimum atomic E-state index is 0.120. The minimum absolute atomic E-state index is 0.120. The van der Waals surface area contributed by atoms with Crippen molar-refractivity contribution in [2.24, 2.45) is 0 Å². The molecule has 0 saturated heterocycles. The highest BCUT2D eigenvalue weighted by Gasteiger charge is 2.20. The normalized spacial score (nSPS) is 12.0. The second kappa shape index (κ2) is 9.49. The number of hydrogen-bond acceptors (Lipinski definition) is 2. The third-order valence-electron chi connectivity index (χ3n) is 4.28. The Bertz CT molecular complexity index is 672. The Kier molecular flexibility index (Phi) is 7.34. The number of rotatable bonds is 7. The van der Waals surface area contributed by atoms with Crippen molar-refractivity contribution in [2.75, 3.05) is 32.5 Å². The van der Waals surface area contributed by atoms with Crippen LogP contribution in [0.5, 0.6) is 0 Å². The highest BCUT2D eigenvalue weighted by Crippen LogP contribution is 2.20. The van der Waals surface area contributed by atoms with Gasteiger partial charge in [-0.1, -0.05) is 25.1 Å². The lowest BCUT2D eigenvalue weighted by atomic mass is 10.1. The molecule has 2 N–H and O–H groups in total. The van der Waals surface area contributed by atoms with E-state index in [0.29, 0.717) is 0 Å². The summed E-state index contributed by atoms with van der Waals surface area (Å²) in [7, 11) is 4.32. The van der Waals surface area contributed by atoms with Gasteiger partial charge in [0.05, 0.1) is 38.9 Å². The van der Waals surface area contributed by atoms with Gasteiger partial charge in [-0.05, 0) is 55.4 Å². The molecule has 1 aromatic heterocycles. The second-order valence-corrected chi connectivity index (χ2v) is 6.95. The summed E-state index contributed by atoms with van der Waals surface area (Å²) in [5, 5.41) is 4.15. The predicted molar refractivity (Wildman–Crippen MR) is 109 cm³/mol. The van der Waals surface area contributed by atoms with E-state index in [-0.39, 0.29) is 6.04 Å². The van der Waals surface area contributed by atoms with Crippen LogP contribution in [0.25, 0.3) is 0 Å². The summed E-state index contributed by atoms with van der Waals surface area (Å²) >= 11 is 5.74. The van der Waals surface area contributed by atoms with Crippen LogP contribution < -0.4 is 10.2 Å². The fourth-order valence-corrected chi connectivity index (χ4v) is 3.03. The van der Waals surface area contributed by atoms with E-state index < -0.39 is 0 Å². The molecule has 1 heterocycles. The maximum absolute atomic E-state index is 5.74. The van der Waals surface area contributed by atoms with Gasteiger partial charge < -0.3 is 15.1 Å². The maximum Gasteiger partial charge on any atom is 0.174 e. The fraction of sp³-hybridized carbons (Fsp3) is 0.400. The molecule has 25 heavy (non-hydrogen) atoms. The van der Waals surface area contributed by atoms with Crippen molar-refractivity contribution in [3.63, 3.8) is 0 Å². The SMILES string of the molecule is CCc1cccc(NC(=S)N(CC[NH+](C)C)C(C)c2ccccn2)c1. The van der Waals surface area contributed by atoms with Crippen LogP contribution in [0.3, 0.4) is 0 Å². The van der Waals surface area contributed by atoms with Crippen molar-refractivity contribution in [3.8, 4) is 0 Å². The van der Waals surface area contributed by atoms with E-state index in [1.165, 1.54) is 10.5 Å². The van der Waals surface area contributed by atoms with Crippen molar-refractivity contribution in [1.82, 2.24) is 9.88 Å². The number of pyridine rings is 1. The summed E-state index contributed by atoms with van der Waals surface area (Å²) in [6.07, 6.45) is 2.85. The Hall–Kier alpha value is -1.98. The molecule has 4 nitrogen and oxygen atoms in total. The fourth-order valence-electron chi connectivity index (χ4n) is 2.66. The zero-order valence-electron chi connectivity index (χ0n) is 15.6. The molecule has 2 rings (SSSR count). The molecule has 1 aromatic carbocycles. The number of aromatic nitrogens is 1. The van der Waals surface area contributed by atoms with Gasteiger partial charge in [0.25, 0.3) is 0 Å². The first-order valence-electron chi connectivity index (χ1n) is 8.87. The number of aryl methyl sites for hydroxylation is 1. The lowest BCUT2D eigenvalue weighted by Crippen LogP contribution is -3.06. The molecule has 2 aromatic rings. The third-order valence-corrected chi connectivity index (χ3v) is 4.62. The summed E-state index contributed by atoms with van der Waals surface area (Å²) in [5.74, 6) is 0. The molecule has 1 unspecified atom stereocenters. The van der Waals surface area contributed by atoms with Crippen LogP contribution in [-0.2, 0) is 6.42 Å². The molecule has 0 amide bonds. The zero-order chi connectivity index (χ0) is 18.2. The molecular weight excluding hydrogens is 328 g/mol. The Morgan fingerprint density at radius 1 is 1.24 bits per heavy atom. The van der Waals surface area contributed by atoms with Crippen LogP contribution in [0, 0.1) is 0 Å². The molecule has 0 aliphatic heterocycles. The first-order chi connectivity index (χ1) is 12.0. The van der Waals surface area contributed by atoms with Crippen molar-refractivity contribution in [3.05, 3.63) is 59.9 Å². The number of likely N-dealkylation sites (N-methyl/N-ethyl adjacent to an activating group) is 1. The molecule has 5 heteroatoms. The molecule has 0 aliphatic rings. The highest BCUT2D eigenvalue weighted by atomic mass is 32.1. The van der Waals surface area contributed by atoms with Gasteiger partial charge in [-0.15, -0.1) is 0 Å². The average molecular weight is 358 g/mol. The van der Waals surface area contributed by atoms with Crippen LogP contribution in [0.2, 0.25) is 0 Å². The molecular formula is C20H29N4S+. The van der Waals surface area contributed by atoms with Crippen LogP contribution in [0.4, 0.5) is 5.69 Å². The van der Waals surface area contributed by atoms with Crippen molar-refractivity contribution >= 4 is 23.0 Å². The Labute approximate surface area is 156 Å². The topological polar surface area (TPSA) is 32.6 Å². The largest absolute Gasteiger partial charge is 0.338 e. The monoisotopic (exact) mass is 357 g/mol. The van der Waals surface area contributed by atoms with Gasteiger partial charge in [0, 0.05) is 11.9 Å². The Morgan fingerprint density at radius 2 is 2.04 bits per heavy atom. The molecule has 0 aliphatic carbocycles. The number of nitrogens with one attached hydrogen (secondary N) is 2. The van der Waals surface area contributed by atoms with Gasteiger partial charge in [-0.25, -0.2) is 0 Å². The minimum Gasteiger partial charge on any atom is -0.338 e. The molecule has 0 radical (unpaired) electrons. The zero-order valence-corrected chi connectivity index (χ0v) is 16.4. The number of nitrogens with zero attached hydrogens (tertiary/aromatic N) is 2. The van der Waals surface area contributed by atoms with Gasteiger partial charge in [0.1, 0.15) is 0 Å². The molecule has 0 saturated carbocycles. The van der Waals surface area contributed by atoms with Gasteiger partial charge in [0.15, 0.2) is 5.11 Å². The van der Waals surface area contributed by atoms with Gasteiger partial charge >= 0.3 is 0 Å². The van der Waals surface area contributed by atoms with Crippen molar-refractivity contribution < 1.29 is 4.90 Å². The molecule has 0 fully saturated rings.